The molecule has 0 aliphatic carbocycles. The number of carboxylic acid groups (broad SMARTS) is 1. The van der Waals surface area contributed by atoms with Gasteiger partial charge in [0.15, 0.2) is 0 Å². The summed E-state index contributed by atoms with van der Waals surface area (Å²) in [7, 11) is 0. The van der Waals surface area contributed by atoms with Crippen LogP contribution in [0.5, 0.6) is 0 Å². The molecule has 1 unspecified atom stereocenters. The van der Waals surface area contributed by atoms with Gasteiger partial charge in [0, 0.05) is 12.6 Å². The molecule has 1 amide bonds. The van der Waals surface area contributed by atoms with Crippen LogP contribution in [0.15, 0.2) is 42.9 Å². The van der Waals surface area contributed by atoms with Gasteiger partial charge >= 0.3 is 5.97 Å². The molecular weight excluding hydrogens is 282 g/mol. The van der Waals surface area contributed by atoms with Gasteiger partial charge in [0.2, 0.25) is 0 Å². The summed E-state index contributed by atoms with van der Waals surface area (Å²) in [5.41, 5.74) is 1.84. The molecule has 0 saturated carbocycles. The molecule has 1 aromatic carbocycles. The summed E-state index contributed by atoms with van der Waals surface area (Å²) in [4.78, 5) is 31.0. The van der Waals surface area contributed by atoms with Crippen molar-refractivity contribution < 1.29 is 14.7 Å². The van der Waals surface area contributed by atoms with E-state index in [-0.39, 0.29) is 18.4 Å². The molecule has 0 aliphatic heterocycles. The molecule has 1 atom stereocenters. The van der Waals surface area contributed by atoms with E-state index in [4.69, 9.17) is 5.11 Å². The first-order valence-electron chi connectivity index (χ1n) is 6.92. The van der Waals surface area contributed by atoms with Gasteiger partial charge in [0.25, 0.3) is 5.91 Å². The first-order chi connectivity index (χ1) is 10.6. The predicted molar refractivity (Wildman–Crippen MR) is 80.3 cm³/mol. The van der Waals surface area contributed by atoms with Crippen LogP contribution in [0.1, 0.15) is 40.5 Å². The largest absolute Gasteiger partial charge is 0.481 e. The molecule has 114 valence electrons. The number of aryl methyl sites for hydroxylation is 1. The zero-order chi connectivity index (χ0) is 15.9. The van der Waals surface area contributed by atoms with Crippen molar-refractivity contribution in [1.29, 1.82) is 0 Å². The van der Waals surface area contributed by atoms with Gasteiger partial charge in [0.1, 0.15) is 6.33 Å². The van der Waals surface area contributed by atoms with Crippen molar-refractivity contribution in [3.63, 3.8) is 0 Å². The SMILES string of the molecule is Cc1ncncc1C(=O)NC(CCC(=O)O)c1ccccc1. The average Bonchev–Trinajstić information content (AvgIpc) is 2.52. The van der Waals surface area contributed by atoms with E-state index in [2.05, 4.69) is 15.3 Å². The van der Waals surface area contributed by atoms with E-state index in [1.165, 1.54) is 12.5 Å². The molecule has 0 fully saturated rings. The minimum absolute atomic E-state index is 0.0237. The third kappa shape index (κ3) is 4.12. The van der Waals surface area contributed by atoms with Crippen LogP contribution in [0.4, 0.5) is 0 Å². The molecule has 0 bridgehead atoms. The maximum absolute atomic E-state index is 12.4. The average molecular weight is 299 g/mol. The smallest absolute Gasteiger partial charge is 0.303 e. The van der Waals surface area contributed by atoms with Crippen molar-refractivity contribution >= 4 is 11.9 Å². The number of aromatic nitrogens is 2. The maximum atomic E-state index is 12.4. The van der Waals surface area contributed by atoms with Gasteiger partial charge < -0.3 is 10.4 Å². The molecule has 0 spiro atoms. The van der Waals surface area contributed by atoms with Crippen LogP contribution >= 0.6 is 0 Å². The van der Waals surface area contributed by atoms with Crippen LogP contribution < -0.4 is 5.32 Å². The lowest BCUT2D eigenvalue weighted by Gasteiger charge is -2.19. The monoisotopic (exact) mass is 299 g/mol. The van der Waals surface area contributed by atoms with Gasteiger partial charge in [-0.1, -0.05) is 30.3 Å². The summed E-state index contributed by atoms with van der Waals surface area (Å²) < 4.78 is 0. The Morgan fingerprint density at radius 1 is 1.27 bits per heavy atom. The van der Waals surface area contributed by atoms with Gasteiger partial charge in [-0.3, -0.25) is 9.59 Å². The topological polar surface area (TPSA) is 92.2 Å². The van der Waals surface area contributed by atoms with Gasteiger partial charge in [-0.05, 0) is 18.9 Å². The van der Waals surface area contributed by atoms with Gasteiger partial charge in [-0.25, -0.2) is 9.97 Å². The highest BCUT2D eigenvalue weighted by molar-refractivity contribution is 5.95. The van der Waals surface area contributed by atoms with Crippen LogP contribution in [0.25, 0.3) is 0 Å². The van der Waals surface area contributed by atoms with Crippen molar-refractivity contribution in [1.82, 2.24) is 15.3 Å². The first kappa shape index (κ1) is 15.6. The van der Waals surface area contributed by atoms with Crippen molar-refractivity contribution in [3.8, 4) is 0 Å². The van der Waals surface area contributed by atoms with Gasteiger partial charge in [-0.15, -0.1) is 0 Å². The Labute approximate surface area is 128 Å². The lowest BCUT2D eigenvalue weighted by atomic mass is 10.0. The predicted octanol–water partition coefficient (Wildman–Crippen LogP) is 2.12. The molecule has 0 radical (unpaired) electrons. The number of aliphatic carboxylic acids is 1. The zero-order valence-corrected chi connectivity index (χ0v) is 12.2. The molecule has 2 N–H and O–H groups in total. The van der Waals surface area contributed by atoms with E-state index in [1.807, 2.05) is 30.3 Å². The molecule has 6 nitrogen and oxygen atoms in total. The van der Waals surface area contributed by atoms with Crippen molar-refractivity contribution in [2.75, 3.05) is 0 Å². The van der Waals surface area contributed by atoms with Crippen molar-refractivity contribution in [3.05, 3.63) is 59.7 Å². The molecule has 0 aliphatic rings. The van der Waals surface area contributed by atoms with Gasteiger partial charge in [-0.2, -0.15) is 0 Å². The van der Waals surface area contributed by atoms with Crippen LogP contribution in [0, 0.1) is 6.92 Å². The van der Waals surface area contributed by atoms with E-state index in [0.29, 0.717) is 17.7 Å². The minimum atomic E-state index is -0.894. The Kier molecular flexibility index (Phi) is 5.19. The van der Waals surface area contributed by atoms with Crippen LogP contribution in [0.2, 0.25) is 0 Å². The summed E-state index contributed by atoms with van der Waals surface area (Å²) in [6.45, 7) is 1.73. The Hall–Kier alpha value is -2.76. The number of nitrogens with one attached hydrogen (secondary N) is 1. The lowest BCUT2D eigenvalue weighted by molar-refractivity contribution is -0.137. The number of nitrogens with zero attached hydrogens (tertiary/aromatic N) is 2. The molecule has 6 heteroatoms. The second-order valence-electron chi connectivity index (χ2n) is 4.89. The lowest BCUT2D eigenvalue weighted by Crippen LogP contribution is -2.29. The summed E-state index contributed by atoms with van der Waals surface area (Å²) in [6.07, 6.45) is 3.13. The standard InChI is InChI=1S/C16H17N3O3/c1-11-13(9-17-10-18-11)16(22)19-14(7-8-15(20)21)12-5-3-2-4-6-12/h2-6,9-10,14H,7-8H2,1H3,(H,19,22)(H,20,21). The summed E-state index contributed by atoms with van der Waals surface area (Å²) >= 11 is 0. The second-order valence-corrected chi connectivity index (χ2v) is 4.89. The molecular formula is C16H17N3O3. The third-order valence-corrected chi connectivity index (χ3v) is 3.31. The summed E-state index contributed by atoms with van der Waals surface area (Å²) in [5.74, 6) is -1.20. The number of hydrogen-bond donors (Lipinski definition) is 2. The van der Waals surface area contributed by atoms with E-state index in [9.17, 15) is 9.59 Å². The fourth-order valence-electron chi connectivity index (χ4n) is 2.13. The highest BCUT2D eigenvalue weighted by atomic mass is 16.4. The number of hydrogen-bond acceptors (Lipinski definition) is 4. The van der Waals surface area contributed by atoms with E-state index in [0.717, 1.165) is 5.56 Å². The molecule has 1 aromatic heterocycles. The maximum Gasteiger partial charge on any atom is 0.303 e. The number of carbonyl (C=O) groups excluding carboxylic acids is 1. The summed E-state index contributed by atoms with van der Waals surface area (Å²) in [5, 5.41) is 11.7. The Balaban J connectivity index is 2.17. The molecule has 1 heterocycles. The number of benzene rings is 1. The number of rotatable bonds is 6. The highest BCUT2D eigenvalue weighted by Crippen LogP contribution is 2.19. The number of carboxylic acids is 1. The fourth-order valence-corrected chi connectivity index (χ4v) is 2.13. The summed E-state index contributed by atoms with van der Waals surface area (Å²) in [6, 6.07) is 8.93. The van der Waals surface area contributed by atoms with Crippen LogP contribution in [-0.2, 0) is 4.79 Å². The zero-order valence-electron chi connectivity index (χ0n) is 12.2. The molecule has 22 heavy (non-hydrogen) atoms. The van der Waals surface area contributed by atoms with E-state index in [1.54, 1.807) is 6.92 Å². The number of amides is 1. The van der Waals surface area contributed by atoms with Crippen LogP contribution in [0.3, 0.4) is 0 Å². The highest BCUT2D eigenvalue weighted by Gasteiger charge is 2.18. The first-order valence-corrected chi connectivity index (χ1v) is 6.92. The number of carbonyl (C=O) groups is 2. The quantitative estimate of drug-likeness (QED) is 0.852. The Morgan fingerprint density at radius 2 is 2.00 bits per heavy atom. The molecule has 0 saturated heterocycles. The Bertz CT molecular complexity index is 659. The van der Waals surface area contributed by atoms with Crippen LogP contribution in [-0.4, -0.2) is 27.0 Å². The fraction of sp³-hybridized carbons (Fsp3) is 0.250. The normalized spacial score (nSPS) is 11.7. The van der Waals surface area contributed by atoms with Gasteiger partial charge in [0.05, 0.1) is 17.3 Å². The minimum Gasteiger partial charge on any atom is -0.481 e. The Morgan fingerprint density at radius 3 is 2.64 bits per heavy atom. The van der Waals surface area contributed by atoms with E-state index >= 15 is 0 Å². The molecule has 2 aromatic rings. The van der Waals surface area contributed by atoms with E-state index < -0.39 is 5.97 Å². The van der Waals surface area contributed by atoms with Crippen molar-refractivity contribution in [2.45, 2.75) is 25.8 Å². The molecule has 2 rings (SSSR count). The third-order valence-electron chi connectivity index (χ3n) is 3.31. The van der Waals surface area contributed by atoms with Crippen molar-refractivity contribution in [2.24, 2.45) is 0 Å². The second kappa shape index (κ2) is 7.31.